The normalized spacial score (nSPS) is 19.1. The summed E-state index contributed by atoms with van der Waals surface area (Å²) in [5.74, 6) is 0.0612. The molecule has 2 aliphatic heterocycles. The van der Waals surface area contributed by atoms with E-state index in [0.717, 1.165) is 60.6 Å². The first-order valence-electron chi connectivity index (χ1n) is 11.7. The van der Waals surface area contributed by atoms with Crippen molar-refractivity contribution >= 4 is 17.5 Å². The van der Waals surface area contributed by atoms with Gasteiger partial charge in [-0.25, -0.2) is 0 Å². The molecule has 0 saturated carbocycles. The van der Waals surface area contributed by atoms with E-state index in [0.29, 0.717) is 6.54 Å². The van der Waals surface area contributed by atoms with Crippen molar-refractivity contribution in [1.29, 1.82) is 0 Å². The third kappa shape index (κ3) is 5.14. The van der Waals surface area contributed by atoms with Gasteiger partial charge in [0.2, 0.25) is 0 Å². The van der Waals surface area contributed by atoms with Crippen molar-refractivity contribution in [2.24, 2.45) is 0 Å². The molecule has 5 rings (SSSR count). The number of nitrogens with zero attached hydrogens (tertiary/aromatic N) is 2. The Hall–Kier alpha value is -2.66. The highest BCUT2D eigenvalue weighted by atomic mass is 35.5. The quantitative estimate of drug-likeness (QED) is 0.452. The number of benzene rings is 3. The Bertz CT molecular complexity index is 1080. The van der Waals surface area contributed by atoms with Crippen molar-refractivity contribution in [2.75, 3.05) is 19.6 Å². The molecule has 0 spiro atoms. The first kappa shape index (κ1) is 22.1. The monoisotopic (exact) mass is 460 g/mol. The summed E-state index contributed by atoms with van der Waals surface area (Å²) < 4.78 is 6.63. The summed E-state index contributed by atoms with van der Waals surface area (Å²) in [6.45, 7) is 3.61. The van der Waals surface area contributed by atoms with Gasteiger partial charge in [-0.3, -0.25) is 9.69 Å². The number of piperidine rings is 1. The Morgan fingerprint density at radius 2 is 1.55 bits per heavy atom. The highest BCUT2D eigenvalue weighted by Gasteiger charge is 2.38. The average molecular weight is 461 g/mol. The third-order valence-electron chi connectivity index (χ3n) is 6.66. The van der Waals surface area contributed by atoms with Gasteiger partial charge in [-0.05, 0) is 48.6 Å². The zero-order valence-corrected chi connectivity index (χ0v) is 19.5. The first-order valence-corrected chi connectivity index (χ1v) is 12.1. The van der Waals surface area contributed by atoms with Crippen LogP contribution in [0.3, 0.4) is 0 Å². The second-order valence-electron chi connectivity index (χ2n) is 8.91. The number of amides is 1. The van der Waals surface area contributed by atoms with Crippen molar-refractivity contribution in [1.82, 2.24) is 9.80 Å². The van der Waals surface area contributed by atoms with Crippen molar-refractivity contribution in [3.05, 3.63) is 106 Å². The molecule has 0 N–H and O–H groups in total. The van der Waals surface area contributed by atoms with Crippen molar-refractivity contribution in [3.63, 3.8) is 0 Å². The standard InChI is InChI=1S/C28H29ClN2O2/c29-23-12-10-21(11-13-23)14-19-31-27(32)25-8-4-5-9-26(25)28(31)33-24-15-17-30(18-16-24)20-22-6-2-1-3-7-22/h1-13,24,28H,14-20H2/t28-/m0/s1. The van der Waals surface area contributed by atoms with Crippen molar-refractivity contribution in [2.45, 2.75) is 38.1 Å². The zero-order valence-electron chi connectivity index (χ0n) is 18.7. The molecular weight excluding hydrogens is 432 g/mol. The predicted octanol–water partition coefficient (Wildman–Crippen LogP) is 5.72. The molecule has 170 valence electrons. The summed E-state index contributed by atoms with van der Waals surface area (Å²) in [5, 5.41) is 0.725. The van der Waals surface area contributed by atoms with Crippen LogP contribution in [0.15, 0.2) is 78.9 Å². The molecule has 5 heteroatoms. The predicted molar refractivity (Wildman–Crippen MR) is 131 cm³/mol. The van der Waals surface area contributed by atoms with Gasteiger partial charge in [-0.2, -0.15) is 0 Å². The Morgan fingerprint density at radius 1 is 0.848 bits per heavy atom. The smallest absolute Gasteiger partial charge is 0.256 e. The number of fused-ring (bicyclic) bond motifs is 1. The molecule has 1 saturated heterocycles. The Labute approximate surface area is 200 Å². The molecule has 0 aromatic heterocycles. The van der Waals surface area contributed by atoms with Gasteiger partial charge >= 0.3 is 0 Å². The average Bonchev–Trinajstić information content (AvgIpc) is 3.11. The van der Waals surface area contributed by atoms with Gasteiger partial charge in [0.05, 0.1) is 6.10 Å². The Morgan fingerprint density at radius 3 is 2.30 bits per heavy atom. The maximum Gasteiger partial charge on any atom is 0.256 e. The lowest BCUT2D eigenvalue weighted by molar-refractivity contribution is -0.0992. The van der Waals surface area contributed by atoms with E-state index in [9.17, 15) is 4.79 Å². The number of hydrogen-bond donors (Lipinski definition) is 0. The summed E-state index contributed by atoms with van der Waals surface area (Å²) in [5.41, 5.74) is 4.27. The second kappa shape index (κ2) is 10.1. The number of carbonyl (C=O) groups excluding carboxylic acids is 1. The SMILES string of the molecule is O=C1c2ccccc2[C@H](OC2CCN(Cc3ccccc3)CC2)N1CCc1ccc(Cl)cc1. The molecule has 2 aliphatic rings. The molecule has 0 radical (unpaired) electrons. The molecule has 3 aromatic carbocycles. The summed E-state index contributed by atoms with van der Waals surface area (Å²) in [6.07, 6.45) is 2.56. The Kier molecular flexibility index (Phi) is 6.77. The van der Waals surface area contributed by atoms with E-state index >= 15 is 0 Å². The minimum absolute atomic E-state index is 0.0612. The second-order valence-corrected chi connectivity index (χ2v) is 9.35. The van der Waals surface area contributed by atoms with Crippen LogP contribution in [0.25, 0.3) is 0 Å². The van der Waals surface area contributed by atoms with Crippen LogP contribution in [0.5, 0.6) is 0 Å². The number of carbonyl (C=O) groups is 1. The minimum Gasteiger partial charge on any atom is -0.351 e. The van der Waals surface area contributed by atoms with Gasteiger partial charge < -0.3 is 9.64 Å². The van der Waals surface area contributed by atoms with E-state index in [2.05, 4.69) is 35.2 Å². The lowest BCUT2D eigenvalue weighted by atomic mass is 10.1. The van der Waals surface area contributed by atoms with Crippen LogP contribution in [0.1, 0.15) is 46.1 Å². The molecule has 2 heterocycles. The van der Waals surface area contributed by atoms with Gasteiger partial charge in [0.1, 0.15) is 0 Å². The minimum atomic E-state index is -0.313. The highest BCUT2D eigenvalue weighted by Crippen LogP contribution is 2.36. The molecular formula is C28H29ClN2O2. The summed E-state index contributed by atoms with van der Waals surface area (Å²) in [6, 6.07) is 26.3. The summed E-state index contributed by atoms with van der Waals surface area (Å²) in [7, 11) is 0. The molecule has 1 atom stereocenters. The van der Waals surface area contributed by atoms with Crippen LogP contribution in [-0.2, 0) is 17.7 Å². The number of hydrogen-bond acceptors (Lipinski definition) is 3. The van der Waals surface area contributed by atoms with Crippen molar-refractivity contribution < 1.29 is 9.53 Å². The number of likely N-dealkylation sites (tertiary alicyclic amines) is 1. The van der Waals surface area contributed by atoms with Gasteiger partial charge in [-0.1, -0.05) is 72.3 Å². The van der Waals surface area contributed by atoms with E-state index < -0.39 is 0 Å². The van der Waals surface area contributed by atoms with Gasteiger partial charge in [0, 0.05) is 42.3 Å². The maximum atomic E-state index is 13.2. The number of halogens is 1. The van der Waals surface area contributed by atoms with E-state index in [-0.39, 0.29) is 18.2 Å². The maximum absolute atomic E-state index is 13.2. The third-order valence-corrected chi connectivity index (χ3v) is 6.91. The summed E-state index contributed by atoms with van der Waals surface area (Å²) >= 11 is 6.02. The van der Waals surface area contributed by atoms with Crippen LogP contribution in [0.2, 0.25) is 5.02 Å². The molecule has 0 aliphatic carbocycles. The lowest BCUT2D eigenvalue weighted by Crippen LogP contribution is -2.39. The molecule has 1 fully saturated rings. The first-order chi connectivity index (χ1) is 16.2. The molecule has 0 bridgehead atoms. The van der Waals surface area contributed by atoms with Crippen LogP contribution in [0, 0.1) is 0 Å². The van der Waals surface area contributed by atoms with E-state index in [4.69, 9.17) is 16.3 Å². The Balaban J connectivity index is 1.24. The topological polar surface area (TPSA) is 32.8 Å². The summed E-state index contributed by atoms with van der Waals surface area (Å²) in [4.78, 5) is 17.6. The molecule has 4 nitrogen and oxygen atoms in total. The highest BCUT2D eigenvalue weighted by molar-refractivity contribution is 6.30. The number of rotatable bonds is 7. The van der Waals surface area contributed by atoms with Gasteiger partial charge in [0.15, 0.2) is 6.23 Å². The van der Waals surface area contributed by atoms with Gasteiger partial charge in [0.25, 0.3) is 5.91 Å². The van der Waals surface area contributed by atoms with Crippen LogP contribution in [0.4, 0.5) is 0 Å². The molecule has 1 amide bonds. The van der Waals surface area contributed by atoms with E-state index in [1.807, 2.05) is 53.4 Å². The van der Waals surface area contributed by atoms with Crippen LogP contribution in [-0.4, -0.2) is 41.4 Å². The van der Waals surface area contributed by atoms with Crippen LogP contribution < -0.4 is 0 Å². The molecule has 33 heavy (non-hydrogen) atoms. The van der Waals surface area contributed by atoms with Crippen LogP contribution >= 0.6 is 11.6 Å². The zero-order chi connectivity index (χ0) is 22.6. The van der Waals surface area contributed by atoms with E-state index in [1.54, 1.807) is 0 Å². The largest absolute Gasteiger partial charge is 0.351 e. The molecule has 3 aromatic rings. The van der Waals surface area contributed by atoms with Gasteiger partial charge in [-0.15, -0.1) is 0 Å². The van der Waals surface area contributed by atoms with E-state index in [1.165, 1.54) is 5.56 Å². The fourth-order valence-corrected chi connectivity index (χ4v) is 4.96. The molecule has 0 unspecified atom stereocenters. The number of ether oxygens (including phenoxy) is 1. The lowest BCUT2D eigenvalue weighted by Gasteiger charge is -2.35. The van der Waals surface area contributed by atoms with Crippen molar-refractivity contribution in [3.8, 4) is 0 Å². The fraction of sp³-hybridized carbons (Fsp3) is 0.321. The fourth-order valence-electron chi connectivity index (χ4n) is 4.83.